The first-order chi connectivity index (χ1) is 8.18. The molecule has 2 rings (SSSR count). The highest BCUT2D eigenvalue weighted by Gasteiger charge is 2.11. The molecule has 1 aromatic heterocycles. The molecule has 1 amide bonds. The Labute approximate surface area is 104 Å². The van der Waals surface area contributed by atoms with Crippen molar-refractivity contribution < 1.29 is 4.79 Å². The number of carbonyl (C=O) groups is 1. The van der Waals surface area contributed by atoms with E-state index in [0.29, 0.717) is 0 Å². The van der Waals surface area contributed by atoms with Gasteiger partial charge in [0.2, 0.25) is 5.91 Å². The van der Waals surface area contributed by atoms with Crippen molar-refractivity contribution in [2.75, 3.05) is 5.32 Å². The van der Waals surface area contributed by atoms with Crippen LogP contribution in [0.5, 0.6) is 0 Å². The van der Waals surface area contributed by atoms with E-state index in [1.165, 1.54) is 0 Å². The minimum atomic E-state index is -0.508. The highest BCUT2D eigenvalue weighted by molar-refractivity contribution is 7.13. The number of rotatable bonds is 3. The van der Waals surface area contributed by atoms with Crippen molar-refractivity contribution in [3.8, 4) is 10.4 Å². The third-order valence-electron chi connectivity index (χ3n) is 2.39. The largest absolute Gasteiger partial charge is 0.324 e. The molecule has 0 fully saturated rings. The van der Waals surface area contributed by atoms with Crippen LogP contribution in [-0.4, -0.2) is 11.9 Å². The molecule has 3 nitrogen and oxygen atoms in total. The number of hydrogen-bond acceptors (Lipinski definition) is 3. The van der Waals surface area contributed by atoms with Gasteiger partial charge in [-0.3, -0.25) is 4.79 Å². The maximum Gasteiger partial charge on any atom is 0.241 e. The highest BCUT2D eigenvalue weighted by Crippen LogP contribution is 2.31. The quantitative estimate of drug-likeness (QED) is 0.874. The Hall–Kier alpha value is -1.65. The SMILES string of the molecule is CC(N)C(=O)Nc1ccccc1-c1cccs1. The lowest BCUT2D eigenvalue weighted by Gasteiger charge is -2.11. The Balaban J connectivity index is 2.32. The average Bonchev–Trinajstić information content (AvgIpc) is 2.83. The first-order valence-electron chi connectivity index (χ1n) is 5.38. The fourth-order valence-electron chi connectivity index (χ4n) is 1.49. The van der Waals surface area contributed by atoms with Crippen LogP contribution in [0.1, 0.15) is 6.92 Å². The molecular formula is C13H14N2OS. The molecule has 1 heterocycles. The molecule has 4 heteroatoms. The van der Waals surface area contributed by atoms with E-state index in [-0.39, 0.29) is 5.91 Å². The summed E-state index contributed by atoms with van der Waals surface area (Å²) in [5.74, 6) is -0.172. The standard InChI is InChI=1S/C13H14N2OS/c1-9(14)13(16)15-11-6-3-2-5-10(11)12-7-4-8-17-12/h2-9H,14H2,1H3,(H,15,16). The number of carbonyl (C=O) groups excluding carboxylic acids is 1. The van der Waals surface area contributed by atoms with Gasteiger partial charge in [0.15, 0.2) is 0 Å². The molecule has 1 aromatic carbocycles. The van der Waals surface area contributed by atoms with Crippen LogP contribution in [0.15, 0.2) is 41.8 Å². The topological polar surface area (TPSA) is 55.1 Å². The number of anilines is 1. The molecule has 3 N–H and O–H groups in total. The van der Waals surface area contributed by atoms with E-state index in [1.807, 2.05) is 41.8 Å². The summed E-state index contributed by atoms with van der Waals surface area (Å²) in [6.07, 6.45) is 0. The first-order valence-corrected chi connectivity index (χ1v) is 6.26. The van der Waals surface area contributed by atoms with E-state index in [2.05, 4.69) is 5.32 Å². The summed E-state index contributed by atoms with van der Waals surface area (Å²) >= 11 is 1.64. The van der Waals surface area contributed by atoms with Crippen LogP contribution in [0, 0.1) is 0 Å². The lowest BCUT2D eigenvalue weighted by atomic mass is 10.1. The molecule has 0 bridgehead atoms. The Bertz CT molecular complexity index is 506. The second-order valence-corrected chi connectivity index (χ2v) is 4.75. The van der Waals surface area contributed by atoms with Gasteiger partial charge in [0.1, 0.15) is 0 Å². The molecule has 0 aliphatic rings. The summed E-state index contributed by atoms with van der Waals surface area (Å²) in [5.41, 5.74) is 7.37. The maximum atomic E-state index is 11.6. The second-order valence-electron chi connectivity index (χ2n) is 3.80. The summed E-state index contributed by atoms with van der Waals surface area (Å²) in [5, 5.41) is 4.85. The fourth-order valence-corrected chi connectivity index (χ4v) is 2.25. The molecule has 0 radical (unpaired) electrons. The van der Waals surface area contributed by atoms with Crippen molar-refractivity contribution in [2.24, 2.45) is 5.73 Å². The number of nitrogens with one attached hydrogen (secondary N) is 1. The monoisotopic (exact) mass is 246 g/mol. The molecule has 0 saturated heterocycles. The van der Waals surface area contributed by atoms with Crippen LogP contribution in [0.2, 0.25) is 0 Å². The van der Waals surface area contributed by atoms with Crippen molar-refractivity contribution in [3.63, 3.8) is 0 Å². The Morgan fingerprint density at radius 3 is 2.71 bits per heavy atom. The van der Waals surface area contributed by atoms with Crippen molar-refractivity contribution in [1.82, 2.24) is 0 Å². The summed E-state index contributed by atoms with van der Waals surface area (Å²) in [6, 6.07) is 11.2. The number of thiophene rings is 1. The van der Waals surface area contributed by atoms with Gasteiger partial charge in [-0.2, -0.15) is 0 Å². The summed E-state index contributed by atoms with van der Waals surface area (Å²) in [4.78, 5) is 12.7. The number of benzene rings is 1. The third kappa shape index (κ3) is 2.72. The molecule has 0 saturated carbocycles. The Morgan fingerprint density at radius 2 is 2.06 bits per heavy atom. The van der Waals surface area contributed by atoms with Crippen molar-refractivity contribution in [3.05, 3.63) is 41.8 Å². The molecule has 2 aromatic rings. The zero-order valence-corrected chi connectivity index (χ0v) is 10.3. The zero-order valence-electron chi connectivity index (χ0n) is 9.51. The molecule has 0 aliphatic carbocycles. The van der Waals surface area contributed by atoms with Crippen molar-refractivity contribution in [1.29, 1.82) is 0 Å². The van der Waals surface area contributed by atoms with Gasteiger partial charge in [-0.15, -0.1) is 11.3 Å². The van der Waals surface area contributed by atoms with Crippen LogP contribution in [0.4, 0.5) is 5.69 Å². The van der Waals surface area contributed by atoms with Gasteiger partial charge in [0.05, 0.1) is 6.04 Å². The summed E-state index contributed by atoms with van der Waals surface area (Å²) in [7, 11) is 0. The van der Waals surface area contributed by atoms with Gasteiger partial charge in [-0.05, 0) is 24.4 Å². The third-order valence-corrected chi connectivity index (χ3v) is 3.29. The summed E-state index contributed by atoms with van der Waals surface area (Å²) < 4.78 is 0. The second kappa shape index (κ2) is 5.12. The van der Waals surface area contributed by atoms with Gasteiger partial charge in [-0.25, -0.2) is 0 Å². The molecule has 1 unspecified atom stereocenters. The van der Waals surface area contributed by atoms with Gasteiger partial charge >= 0.3 is 0 Å². The van der Waals surface area contributed by atoms with E-state index >= 15 is 0 Å². The van der Waals surface area contributed by atoms with E-state index in [0.717, 1.165) is 16.1 Å². The highest BCUT2D eigenvalue weighted by atomic mass is 32.1. The van der Waals surface area contributed by atoms with Crippen molar-refractivity contribution in [2.45, 2.75) is 13.0 Å². The molecule has 1 atom stereocenters. The maximum absolute atomic E-state index is 11.6. The minimum Gasteiger partial charge on any atom is -0.324 e. The fraction of sp³-hybridized carbons (Fsp3) is 0.154. The van der Waals surface area contributed by atoms with Crippen molar-refractivity contribution >= 4 is 22.9 Å². The Morgan fingerprint density at radius 1 is 1.29 bits per heavy atom. The number of nitrogens with two attached hydrogens (primary N) is 1. The van der Waals surface area contributed by atoms with Gasteiger partial charge in [0.25, 0.3) is 0 Å². The predicted octanol–water partition coefficient (Wildman–Crippen LogP) is 2.70. The molecule has 88 valence electrons. The first kappa shape index (κ1) is 11.8. The normalized spacial score (nSPS) is 12.1. The van der Waals surface area contributed by atoms with Gasteiger partial charge < -0.3 is 11.1 Å². The zero-order chi connectivity index (χ0) is 12.3. The van der Waals surface area contributed by atoms with Crippen LogP contribution in [0.25, 0.3) is 10.4 Å². The molecule has 17 heavy (non-hydrogen) atoms. The molecular weight excluding hydrogens is 232 g/mol. The predicted molar refractivity (Wildman–Crippen MR) is 72.0 cm³/mol. The van der Waals surface area contributed by atoms with Crippen LogP contribution >= 0.6 is 11.3 Å². The molecule has 0 aliphatic heterocycles. The van der Waals surface area contributed by atoms with E-state index in [9.17, 15) is 4.79 Å². The van der Waals surface area contributed by atoms with Crippen LogP contribution in [0.3, 0.4) is 0 Å². The van der Waals surface area contributed by atoms with Crippen LogP contribution in [-0.2, 0) is 4.79 Å². The Kier molecular flexibility index (Phi) is 3.56. The minimum absolute atomic E-state index is 0.172. The lowest BCUT2D eigenvalue weighted by Crippen LogP contribution is -2.32. The van der Waals surface area contributed by atoms with E-state index < -0.39 is 6.04 Å². The average molecular weight is 246 g/mol. The number of para-hydroxylation sites is 1. The number of hydrogen-bond donors (Lipinski definition) is 2. The van der Waals surface area contributed by atoms with E-state index in [4.69, 9.17) is 5.73 Å². The van der Waals surface area contributed by atoms with E-state index in [1.54, 1.807) is 18.3 Å². The number of amides is 1. The van der Waals surface area contributed by atoms with Gasteiger partial charge in [0, 0.05) is 16.1 Å². The summed E-state index contributed by atoms with van der Waals surface area (Å²) in [6.45, 7) is 1.67. The lowest BCUT2D eigenvalue weighted by molar-refractivity contribution is -0.117. The van der Waals surface area contributed by atoms with Crippen LogP contribution < -0.4 is 11.1 Å². The molecule has 0 spiro atoms. The van der Waals surface area contributed by atoms with Gasteiger partial charge in [-0.1, -0.05) is 24.3 Å². The smallest absolute Gasteiger partial charge is 0.241 e.